The van der Waals surface area contributed by atoms with Gasteiger partial charge in [0.2, 0.25) is 5.91 Å². The average molecular weight is 603 g/mol. The third-order valence-electron chi connectivity index (χ3n) is 6.55. The number of rotatable bonds is 8. The van der Waals surface area contributed by atoms with Crippen molar-refractivity contribution in [3.63, 3.8) is 0 Å². The fourth-order valence-corrected chi connectivity index (χ4v) is 4.61. The van der Waals surface area contributed by atoms with Gasteiger partial charge in [-0.15, -0.1) is 0 Å². The fraction of sp³-hybridized carbons (Fsp3) is 0.121. The lowest BCUT2D eigenvalue weighted by atomic mass is 9.99. The Kier molecular flexibility index (Phi) is 9.81. The van der Waals surface area contributed by atoms with E-state index in [0.29, 0.717) is 22.5 Å². The van der Waals surface area contributed by atoms with Crippen LogP contribution in [0.25, 0.3) is 11.3 Å². The molecule has 0 saturated carbocycles. The summed E-state index contributed by atoms with van der Waals surface area (Å²) >= 11 is 0. The summed E-state index contributed by atoms with van der Waals surface area (Å²) in [5.74, 6) is -3.53. The molecule has 0 atom stereocenters. The number of hydrogen-bond acceptors (Lipinski definition) is 5. The first kappa shape index (κ1) is 31.5. The number of benzene rings is 4. The molecule has 1 aliphatic heterocycles. The Bertz CT molecular complexity index is 1690. The highest BCUT2D eigenvalue weighted by Crippen LogP contribution is 2.38. The first-order valence-corrected chi connectivity index (χ1v) is 13.4. The lowest BCUT2D eigenvalue weighted by Gasteiger charge is -2.19. The van der Waals surface area contributed by atoms with E-state index in [2.05, 4.69) is 59.0 Å². The first-order chi connectivity index (χ1) is 20.9. The van der Waals surface area contributed by atoms with Crippen LogP contribution in [0.3, 0.4) is 0 Å². The van der Waals surface area contributed by atoms with Gasteiger partial charge in [-0.1, -0.05) is 78.9 Å². The smallest absolute Gasteiger partial charge is 0.475 e. The second-order valence-corrected chi connectivity index (χ2v) is 9.98. The third kappa shape index (κ3) is 8.11. The van der Waals surface area contributed by atoms with Crippen LogP contribution in [0.2, 0.25) is 0 Å². The van der Waals surface area contributed by atoms with Crippen molar-refractivity contribution >= 4 is 40.4 Å². The van der Waals surface area contributed by atoms with Crippen LogP contribution in [-0.2, 0) is 22.7 Å². The fourth-order valence-electron chi connectivity index (χ4n) is 4.61. The minimum atomic E-state index is -5.08. The summed E-state index contributed by atoms with van der Waals surface area (Å²) in [6.07, 6.45) is -5.08. The second-order valence-electron chi connectivity index (χ2n) is 9.98. The summed E-state index contributed by atoms with van der Waals surface area (Å²) < 4.78 is 31.7. The Balaban J connectivity index is 0.000000566. The van der Waals surface area contributed by atoms with Gasteiger partial charge in [-0.2, -0.15) is 13.2 Å². The quantitative estimate of drug-likeness (QED) is 0.184. The monoisotopic (exact) mass is 602 g/mol. The Hall–Kier alpha value is -5.42. The van der Waals surface area contributed by atoms with E-state index in [-0.39, 0.29) is 5.91 Å². The zero-order valence-electron chi connectivity index (χ0n) is 23.6. The summed E-state index contributed by atoms with van der Waals surface area (Å²) in [7, 11) is 2.10. The molecule has 0 spiro atoms. The number of primary amides is 1. The van der Waals surface area contributed by atoms with E-state index in [4.69, 9.17) is 15.6 Å². The van der Waals surface area contributed by atoms with Crippen LogP contribution in [0.15, 0.2) is 103 Å². The number of alkyl halides is 3. The Morgan fingerprint density at radius 3 is 2.05 bits per heavy atom. The number of hydrogen-bond donors (Lipinski definition) is 4. The summed E-state index contributed by atoms with van der Waals surface area (Å²) in [5, 5.41) is 13.5. The molecule has 0 aliphatic carbocycles. The first-order valence-electron chi connectivity index (χ1n) is 13.4. The topological polar surface area (TPSA) is 125 Å². The molecule has 0 radical (unpaired) electrons. The highest BCUT2D eigenvalue weighted by Gasteiger charge is 2.38. The second kappa shape index (κ2) is 13.7. The van der Waals surface area contributed by atoms with Crippen molar-refractivity contribution in [2.45, 2.75) is 19.3 Å². The molecule has 4 aromatic rings. The van der Waals surface area contributed by atoms with Crippen LogP contribution in [-0.4, -0.2) is 41.0 Å². The van der Waals surface area contributed by atoms with Crippen molar-refractivity contribution in [1.29, 1.82) is 0 Å². The Morgan fingerprint density at radius 2 is 1.43 bits per heavy atom. The lowest BCUT2D eigenvalue weighted by Crippen LogP contribution is -2.21. The lowest BCUT2D eigenvalue weighted by molar-refractivity contribution is -0.192. The molecule has 0 unspecified atom stereocenters. The van der Waals surface area contributed by atoms with E-state index >= 15 is 0 Å². The van der Waals surface area contributed by atoms with E-state index in [1.165, 1.54) is 5.56 Å². The van der Waals surface area contributed by atoms with Crippen molar-refractivity contribution < 1.29 is 32.7 Å². The molecule has 0 fully saturated rings. The minimum Gasteiger partial charge on any atom is -0.475 e. The molecule has 4 aromatic carbocycles. The normalized spacial score (nSPS) is 13.3. The number of carbonyl (C=O) groups excluding carboxylic acids is 2. The number of anilines is 2. The SMILES string of the molecule is CN(Cc1ccccc1)Cc1cccc(N/C(=C2\C(=O)Nc3cc(C(N)=O)ccc32)c2ccccc2)c1.O=C(O)C(F)(F)F. The van der Waals surface area contributed by atoms with Crippen molar-refractivity contribution in [2.24, 2.45) is 5.73 Å². The van der Waals surface area contributed by atoms with Gasteiger partial charge < -0.3 is 21.5 Å². The zero-order valence-corrected chi connectivity index (χ0v) is 23.6. The van der Waals surface area contributed by atoms with Gasteiger partial charge in [0.1, 0.15) is 0 Å². The molecule has 226 valence electrons. The number of carboxylic acid groups (broad SMARTS) is 1. The van der Waals surface area contributed by atoms with Crippen molar-refractivity contribution in [2.75, 3.05) is 17.7 Å². The molecule has 0 bridgehead atoms. The van der Waals surface area contributed by atoms with Crippen molar-refractivity contribution in [3.05, 3.63) is 131 Å². The van der Waals surface area contributed by atoms with Gasteiger partial charge in [0.05, 0.1) is 11.3 Å². The van der Waals surface area contributed by atoms with E-state index in [1.54, 1.807) is 18.2 Å². The van der Waals surface area contributed by atoms with Crippen molar-refractivity contribution in [1.82, 2.24) is 4.90 Å². The average Bonchev–Trinajstić information content (AvgIpc) is 3.31. The van der Waals surface area contributed by atoms with Gasteiger partial charge in [0.25, 0.3) is 5.91 Å². The number of nitrogens with zero attached hydrogens (tertiary/aromatic N) is 1. The number of carboxylic acids is 1. The van der Waals surface area contributed by atoms with Crippen molar-refractivity contribution in [3.8, 4) is 0 Å². The van der Waals surface area contributed by atoms with Gasteiger partial charge in [-0.3, -0.25) is 14.5 Å². The maximum atomic E-state index is 13.2. The number of nitrogens with one attached hydrogen (secondary N) is 2. The molecule has 1 heterocycles. The van der Waals surface area contributed by atoms with E-state index in [9.17, 15) is 22.8 Å². The predicted octanol–water partition coefficient (Wildman–Crippen LogP) is 5.98. The van der Waals surface area contributed by atoms with Gasteiger partial charge in [-0.25, -0.2) is 4.79 Å². The molecular weight excluding hydrogens is 573 g/mol. The van der Waals surface area contributed by atoms with Gasteiger partial charge >= 0.3 is 12.1 Å². The van der Waals surface area contributed by atoms with E-state index in [1.807, 2.05) is 48.5 Å². The van der Waals surface area contributed by atoms with Crippen LogP contribution in [0.4, 0.5) is 24.5 Å². The van der Waals surface area contributed by atoms with E-state index < -0.39 is 18.1 Å². The number of aliphatic carboxylic acids is 1. The summed E-state index contributed by atoms with van der Waals surface area (Å²) in [6, 6.07) is 33.4. The summed E-state index contributed by atoms with van der Waals surface area (Å²) in [5.41, 5.74) is 12.5. The molecule has 5 rings (SSSR count). The highest BCUT2D eigenvalue weighted by molar-refractivity contribution is 6.37. The van der Waals surface area contributed by atoms with Gasteiger partial charge in [0.15, 0.2) is 0 Å². The molecule has 2 amide bonds. The summed E-state index contributed by atoms with van der Waals surface area (Å²) in [4.78, 5) is 36.0. The van der Waals surface area contributed by atoms with E-state index in [0.717, 1.165) is 35.5 Å². The van der Waals surface area contributed by atoms with Crippen LogP contribution < -0.4 is 16.4 Å². The Labute approximate surface area is 251 Å². The molecule has 5 N–H and O–H groups in total. The number of halogens is 3. The third-order valence-corrected chi connectivity index (χ3v) is 6.55. The highest BCUT2D eigenvalue weighted by atomic mass is 19.4. The summed E-state index contributed by atoms with van der Waals surface area (Å²) in [6.45, 7) is 1.63. The largest absolute Gasteiger partial charge is 0.490 e. The van der Waals surface area contributed by atoms with Gasteiger partial charge in [0, 0.05) is 35.6 Å². The number of amides is 2. The predicted molar refractivity (Wildman–Crippen MR) is 162 cm³/mol. The minimum absolute atomic E-state index is 0.235. The number of carbonyl (C=O) groups is 3. The maximum Gasteiger partial charge on any atom is 0.490 e. The molecule has 8 nitrogen and oxygen atoms in total. The molecule has 0 saturated heterocycles. The molecule has 1 aliphatic rings. The molecule has 0 aromatic heterocycles. The number of nitrogens with two attached hydrogens (primary N) is 1. The molecule has 44 heavy (non-hydrogen) atoms. The van der Waals surface area contributed by atoms with Crippen LogP contribution >= 0.6 is 0 Å². The zero-order chi connectivity index (χ0) is 31.9. The van der Waals surface area contributed by atoms with Crippen LogP contribution in [0.1, 0.15) is 32.6 Å². The molecule has 11 heteroatoms. The number of fused-ring (bicyclic) bond motifs is 1. The molecular formula is C33H29F3N4O4. The Morgan fingerprint density at radius 1 is 0.841 bits per heavy atom. The van der Waals surface area contributed by atoms with Crippen LogP contribution in [0, 0.1) is 0 Å². The standard InChI is InChI=1S/C31H28N4O2.C2HF3O2/c1-35(19-21-9-4-2-5-10-21)20-22-11-8-14-25(17-22)33-29(23-12-6-3-7-13-23)28-26-16-15-24(30(32)36)18-27(26)34-31(28)37;3-2(4,5)1(6)7/h2-18,33H,19-20H2,1H3,(H2,32,36)(H,34,37);(H,6,7)/b29-28-;. The maximum absolute atomic E-state index is 13.2. The van der Waals surface area contributed by atoms with Gasteiger partial charge in [-0.05, 0) is 48.0 Å². The van der Waals surface area contributed by atoms with Crippen LogP contribution in [0.5, 0.6) is 0 Å².